The molecule has 140 valence electrons. The lowest BCUT2D eigenvalue weighted by Gasteiger charge is -2.28. The normalized spacial score (nSPS) is 18.4. The molecule has 1 N–H and O–H groups in total. The van der Waals surface area contributed by atoms with Gasteiger partial charge in [-0.2, -0.15) is 0 Å². The first kappa shape index (κ1) is 20.2. The molecule has 25 heavy (non-hydrogen) atoms. The Morgan fingerprint density at radius 1 is 1.32 bits per heavy atom. The molecule has 1 aliphatic heterocycles. The number of halogens is 1. The highest BCUT2D eigenvalue weighted by Crippen LogP contribution is 2.21. The lowest BCUT2D eigenvalue weighted by atomic mass is 10.2. The number of carbonyl (C=O) groups is 1. The quantitative estimate of drug-likeness (QED) is 0.724. The van der Waals surface area contributed by atoms with Crippen molar-refractivity contribution in [3.05, 3.63) is 29.8 Å². The molecule has 0 saturated carbocycles. The highest BCUT2D eigenvalue weighted by atomic mass is 79.9. The van der Waals surface area contributed by atoms with Crippen LogP contribution in [0.15, 0.2) is 29.2 Å². The molecular formula is C17H25BrN2O4S. The molecule has 1 aromatic carbocycles. The molecule has 1 atom stereocenters. The molecule has 0 aromatic heterocycles. The Balaban J connectivity index is 1.99. The number of amides is 1. The SMILES string of the molecule is CC(C)(C)OC(=O)N1CCCC1CNS(=O)(=O)c1ccc(CBr)cc1. The summed E-state index contributed by atoms with van der Waals surface area (Å²) < 4.78 is 32.9. The third-order valence-electron chi connectivity index (χ3n) is 3.90. The van der Waals surface area contributed by atoms with Crippen LogP contribution in [0.1, 0.15) is 39.2 Å². The van der Waals surface area contributed by atoms with E-state index in [0.29, 0.717) is 11.9 Å². The summed E-state index contributed by atoms with van der Waals surface area (Å²) in [6.45, 7) is 6.21. The van der Waals surface area contributed by atoms with Crippen LogP contribution in [-0.2, 0) is 20.1 Å². The van der Waals surface area contributed by atoms with Gasteiger partial charge < -0.3 is 9.64 Å². The maximum absolute atomic E-state index is 12.4. The minimum absolute atomic E-state index is 0.182. The zero-order valence-electron chi connectivity index (χ0n) is 14.8. The number of ether oxygens (including phenoxy) is 1. The molecule has 6 nitrogen and oxygen atoms in total. The molecule has 8 heteroatoms. The number of benzene rings is 1. The third kappa shape index (κ3) is 5.69. The van der Waals surface area contributed by atoms with E-state index in [2.05, 4.69) is 20.7 Å². The van der Waals surface area contributed by atoms with E-state index < -0.39 is 21.7 Å². The predicted molar refractivity (Wildman–Crippen MR) is 100 cm³/mol. The van der Waals surface area contributed by atoms with E-state index in [1.54, 1.807) is 29.2 Å². The molecule has 1 amide bonds. The topological polar surface area (TPSA) is 75.7 Å². The molecule has 1 saturated heterocycles. The van der Waals surface area contributed by atoms with Gasteiger partial charge in [-0.25, -0.2) is 17.9 Å². The second-order valence-corrected chi connectivity index (χ2v) is 9.43. The van der Waals surface area contributed by atoms with Crippen LogP contribution < -0.4 is 4.72 Å². The Kier molecular flexibility index (Phi) is 6.51. The Morgan fingerprint density at radius 2 is 1.96 bits per heavy atom. The number of nitrogens with one attached hydrogen (secondary N) is 1. The van der Waals surface area contributed by atoms with Crippen LogP contribution in [0.4, 0.5) is 4.79 Å². The summed E-state index contributed by atoms with van der Waals surface area (Å²) in [6.07, 6.45) is 1.20. The van der Waals surface area contributed by atoms with Crippen molar-refractivity contribution >= 4 is 32.0 Å². The zero-order valence-corrected chi connectivity index (χ0v) is 17.2. The van der Waals surface area contributed by atoms with Crippen molar-refractivity contribution in [2.45, 2.75) is 55.5 Å². The van der Waals surface area contributed by atoms with Crippen LogP contribution in [0.5, 0.6) is 0 Å². The molecular weight excluding hydrogens is 408 g/mol. The number of sulfonamides is 1. The minimum Gasteiger partial charge on any atom is -0.444 e. The first-order valence-electron chi connectivity index (χ1n) is 8.26. The smallest absolute Gasteiger partial charge is 0.410 e. The highest BCUT2D eigenvalue weighted by Gasteiger charge is 2.32. The average molecular weight is 433 g/mol. The largest absolute Gasteiger partial charge is 0.444 e. The van der Waals surface area contributed by atoms with E-state index in [0.717, 1.165) is 18.4 Å². The van der Waals surface area contributed by atoms with Crippen LogP contribution in [0, 0.1) is 0 Å². The van der Waals surface area contributed by atoms with E-state index in [9.17, 15) is 13.2 Å². The van der Waals surface area contributed by atoms with Gasteiger partial charge in [0.05, 0.1) is 4.90 Å². The predicted octanol–water partition coefficient (Wildman–Crippen LogP) is 3.26. The number of carbonyl (C=O) groups excluding carboxylic acids is 1. The van der Waals surface area contributed by atoms with Gasteiger partial charge in [0, 0.05) is 24.5 Å². The van der Waals surface area contributed by atoms with Crippen LogP contribution in [0.25, 0.3) is 0 Å². The van der Waals surface area contributed by atoms with Crippen molar-refractivity contribution in [3.8, 4) is 0 Å². The van der Waals surface area contributed by atoms with Gasteiger partial charge in [0.1, 0.15) is 5.60 Å². The molecule has 1 fully saturated rings. The van der Waals surface area contributed by atoms with E-state index in [1.165, 1.54) is 0 Å². The molecule has 1 heterocycles. The van der Waals surface area contributed by atoms with Gasteiger partial charge in [-0.1, -0.05) is 28.1 Å². The molecule has 0 radical (unpaired) electrons. The monoisotopic (exact) mass is 432 g/mol. The van der Waals surface area contributed by atoms with Gasteiger partial charge in [0.25, 0.3) is 0 Å². The molecule has 2 rings (SSSR count). The van der Waals surface area contributed by atoms with E-state index in [-0.39, 0.29) is 17.5 Å². The van der Waals surface area contributed by atoms with Crippen LogP contribution >= 0.6 is 15.9 Å². The maximum atomic E-state index is 12.4. The summed E-state index contributed by atoms with van der Waals surface area (Å²) in [4.78, 5) is 14.1. The Bertz CT molecular complexity index is 698. The van der Waals surface area contributed by atoms with Crippen LogP contribution in [0.2, 0.25) is 0 Å². The van der Waals surface area contributed by atoms with Crippen molar-refractivity contribution in [1.82, 2.24) is 9.62 Å². The summed E-state index contributed by atoms with van der Waals surface area (Å²) >= 11 is 3.33. The molecule has 0 spiro atoms. The summed E-state index contributed by atoms with van der Waals surface area (Å²) in [5.74, 6) is 0. The standard InChI is InChI=1S/C17H25BrN2O4S/c1-17(2,3)24-16(21)20-10-4-5-14(20)12-19-25(22,23)15-8-6-13(11-18)7-9-15/h6-9,14,19H,4-5,10-12H2,1-3H3. The maximum Gasteiger partial charge on any atom is 0.410 e. The van der Waals surface area contributed by atoms with E-state index in [4.69, 9.17) is 4.74 Å². The van der Waals surface area contributed by atoms with Crippen molar-refractivity contribution in [2.24, 2.45) is 0 Å². The number of rotatable bonds is 5. The second-order valence-electron chi connectivity index (χ2n) is 7.10. The first-order chi connectivity index (χ1) is 11.6. The number of hydrogen-bond donors (Lipinski definition) is 1. The summed E-state index contributed by atoms with van der Waals surface area (Å²) in [5, 5.41) is 0.674. The molecule has 1 aromatic rings. The van der Waals surface area contributed by atoms with Gasteiger partial charge in [0.2, 0.25) is 10.0 Å². The third-order valence-corrected chi connectivity index (χ3v) is 5.99. The molecule has 1 unspecified atom stereocenters. The zero-order chi connectivity index (χ0) is 18.7. The van der Waals surface area contributed by atoms with Gasteiger partial charge >= 0.3 is 6.09 Å². The minimum atomic E-state index is -3.60. The van der Waals surface area contributed by atoms with Crippen molar-refractivity contribution in [3.63, 3.8) is 0 Å². The van der Waals surface area contributed by atoms with E-state index >= 15 is 0 Å². The molecule has 0 aliphatic carbocycles. The second kappa shape index (κ2) is 8.05. The van der Waals surface area contributed by atoms with Crippen molar-refractivity contribution in [1.29, 1.82) is 0 Å². The van der Waals surface area contributed by atoms with Gasteiger partial charge in [-0.15, -0.1) is 0 Å². The van der Waals surface area contributed by atoms with Gasteiger partial charge in [-0.05, 0) is 51.3 Å². The van der Waals surface area contributed by atoms with Gasteiger partial charge in [0.15, 0.2) is 0 Å². The van der Waals surface area contributed by atoms with Crippen LogP contribution in [-0.4, -0.2) is 44.1 Å². The van der Waals surface area contributed by atoms with Crippen molar-refractivity contribution in [2.75, 3.05) is 13.1 Å². The van der Waals surface area contributed by atoms with Crippen molar-refractivity contribution < 1.29 is 17.9 Å². The summed E-state index contributed by atoms with van der Waals surface area (Å²) in [5.41, 5.74) is 0.437. The fourth-order valence-corrected chi connectivity index (χ4v) is 4.10. The lowest BCUT2D eigenvalue weighted by molar-refractivity contribution is 0.0229. The number of likely N-dealkylation sites (tertiary alicyclic amines) is 1. The average Bonchev–Trinajstić information content (AvgIpc) is 3.00. The van der Waals surface area contributed by atoms with Crippen LogP contribution in [0.3, 0.4) is 0 Å². The Morgan fingerprint density at radius 3 is 2.52 bits per heavy atom. The fourth-order valence-electron chi connectivity index (χ4n) is 2.66. The van der Waals surface area contributed by atoms with E-state index in [1.807, 2.05) is 20.8 Å². The first-order valence-corrected chi connectivity index (χ1v) is 10.9. The Hall–Kier alpha value is -1.12. The highest BCUT2D eigenvalue weighted by molar-refractivity contribution is 9.08. The summed E-state index contributed by atoms with van der Waals surface area (Å²) in [6, 6.07) is 6.52. The molecule has 0 bridgehead atoms. The number of alkyl halides is 1. The number of hydrogen-bond acceptors (Lipinski definition) is 4. The summed E-state index contributed by atoms with van der Waals surface area (Å²) in [7, 11) is -3.60. The Labute approximate surface area is 158 Å². The number of nitrogens with zero attached hydrogens (tertiary/aromatic N) is 1. The molecule has 1 aliphatic rings. The van der Waals surface area contributed by atoms with Gasteiger partial charge in [-0.3, -0.25) is 0 Å². The fraction of sp³-hybridized carbons (Fsp3) is 0.588. The lowest BCUT2D eigenvalue weighted by Crippen LogP contribution is -2.45.